The van der Waals surface area contributed by atoms with Crippen LogP contribution >= 0.6 is 11.3 Å². The van der Waals surface area contributed by atoms with Crippen molar-refractivity contribution in [1.29, 1.82) is 0 Å². The maximum absolute atomic E-state index is 5.65. The Morgan fingerprint density at radius 2 is 1.94 bits per heavy atom. The summed E-state index contributed by atoms with van der Waals surface area (Å²) in [6.45, 7) is 2.07. The smallest absolute Gasteiger partial charge is 0.257 e. The van der Waals surface area contributed by atoms with Crippen molar-refractivity contribution in [3.05, 3.63) is 58.8 Å². The molecule has 0 unspecified atom stereocenters. The van der Waals surface area contributed by atoms with Gasteiger partial charge in [-0.05, 0) is 23.9 Å². The molecule has 0 saturated heterocycles. The fourth-order valence-corrected chi connectivity index (χ4v) is 2.35. The largest absolute Gasteiger partial charge is 0.420 e. The van der Waals surface area contributed by atoms with Gasteiger partial charge < -0.3 is 4.42 Å². The van der Waals surface area contributed by atoms with Crippen molar-refractivity contribution >= 4 is 11.3 Å². The van der Waals surface area contributed by atoms with E-state index in [-0.39, 0.29) is 0 Å². The fraction of sp³-hybridized carbons (Fsp3) is 0.143. The number of hydrogen-bond acceptors (Lipinski definition) is 4. The molecule has 0 saturated carbocycles. The van der Waals surface area contributed by atoms with E-state index in [0.717, 1.165) is 4.88 Å². The van der Waals surface area contributed by atoms with Crippen molar-refractivity contribution in [3.8, 4) is 10.8 Å². The van der Waals surface area contributed by atoms with Gasteiger partial charge in [-0.15, -0.1) is 21.5 Å². The molecule has 0 radical (unpaired) electrons. The van der Waals surface area contributed by atoms with Crippen LogP contribution in [0.3, 0.4) is 0 Å². The number of nitrogens with zero attached hydrogens (tertiary/aromatic N) is 2. The number of thiophene rings is 1. The van der Waals surface area contributed by atoms with E-state index in [4.69, 9.17) is 4.42 Å². The Morgan fingerprint density at radius 3 is 2.67 bits per heavy atom. The van der Waals surface area contributed by atoms with Crippen molar-refractivity contribution < 1.29 is 4.42 Å². The summed E-state index contributed by atoms with van der Waals surface area (Å²) in [6.07, 6.45) is 0.679. The van der Waals surface area contributed by atoms with Gasteiger partial charge in [-0.2, -0.15) is 0 Å². The highest BCUT2D eigenvalue weighted by atomic mass is 32.1. The highest BCUT2D eigenvalue weighted by molar-refractivity contribution is 7.13. The lowest BCUT2D eigenvalue weighted by Crippen LogP contribution is -1.88. The third kappa shape index (κ3) is 2.33. The van der Waals surface area contributed by atoms with Gasteiger partial charge >= 0.3 is 0 Å². The average Bonchev–Trinajstić information content (AvgIpc) is 3.02. The van der Waals surface area contributed by atoms with Crippen LogP contribution in [0, 0.1) is 6.92 Å². The van der Waals surface area contributed by atoms with Crippen LogP contribution in [0.5, 0.6) is 0 Å². The molecule has 0 aliphatic rings. The molecule has 2 heterocycles. The molecule has 0 amide bonds. The van der Waals surface area contributed by atoms with Crippen LogP contribution in [-0.4, -0.2) is 10.2 Å². The Morgan fingerprint density at radius 1 is 1.11 bits per heavy atom. The first kappa shape index (κ1) is 11.2. The van der Waals surface area contributed by atoms with E-state index >= 15 is 0 Å². The highest BCUT2D eigenvalue weighted by Crippen LogP contribution is 2.23. The van der Waals surface area contributed by atoms with E-state index < -0.39 is 0 Å². The first-order chi connectivity index (χ1) is 8.81. The summed E-state index contributed by atoms with van der Waals surface area (Å²) in [5.41, 5.74) is 2.44. The second kappa shape index (κ2) is 4.74. The third-order valence-corrected chi connectivity index (χ3v) is 3.53. The van der Waals surface area contributed by atoms with Crippen molar-refractivity contribution in [2.24, 2.45) is 0 Å². The Bertz CT molecular complexity index is 626. The molecule has 2 aromatic heterocycles. The molecule has 90 valence electrons. The molecule has 1 aromatic carbocycles. The minimum atomic E-state index is 0.604. The van der Waals surface area contributed by atoms with Gasteiger partial charge in [-0.1, -0.05) is 35.9 Å². The van der Waals surface area contributed by atoms with Gasteiger partial charge in [0.05, 0.1) is 11.3 Å². The van der Waals surface area contributed by atoms with Crippen LogP contribution in [0.4, 0.5) is 0 Å². The third-order valence-electron chi connectivity index (χ3n) is 2.67. The molecule has 3 nitrogen and oxygen atoms in total. The Balaban J connectivity index is 1.80. The molecule has 3 aromatic rings. The van der Waals surface area contributed by atoms with E-state index in [1.165, 1.54) is 11.1 Å². The summed E-state index contributed by atoms with van der Waals surface area (Å²) in [5, 5.41) is 10.1. The van der Waals surface area contributed by atoms with Crippen LogP contribution < -0.4 is 0 Å². The number of aryl methyl sites for hydroxylation is 1. The van der Waals surface area contributed by atoms with E-state index in [1.807, 2.05) is 17.5 Å². The molecule has 4 heteroatoms. The lowest BCUT2D eigenvalue weighted by atomic mass is 10.1. The Labute approximate surface area is 109 Å². The summed E-state index contributed by atoms with van der Waals surface area (Å²) in [7, 11) is 0. The zero-order valence-corrected chi connectivity index (χ0v) is 10.8. The van der Waals surface area contributed by atoms with Crippen LogP contribution in [0.15, 0.2) is 46.2 Å². The lowest BCUT2D eigenvalue weighted by molar-refractivity contribution is 0.519. The van der Waals surface area contributed by atoms with E-state index in [2.05, 4.69) is 41.4 Å². The van der Waals surface area contributed by atoms with Gasteiger partial charge in [-0.3, -0.25) is 0 Å². The van der Waals surface area contributed by atoms with E-state index in [9.17, 15) is 0 Å². The van der Waals surface area contributed by atoms with Crippen molar-refractivity contribution in [2.45, 2.75) is 13.3 Å². The zero-order chi connectivity index (χ0) is 12.4. The van der Waals surface area contributed by atoms with Gasteiger partial charge in [0.1, 0.15) is 0 Å². The molecule has 0 aliphatic carbocycles. The minimum absolute atomic E-state index is 0.604. The second-order valence-electron chi connectivity index (χ2n) is 4.14. The zero-order valence-electron chi connectivity index (χ0n) is 9.96. The molecule has 3 rings (SSSR count). The summed E-state index contributed by atoms with van der Waals surface area (Å²) in [6, 6.07) is 12.3. The summed E-state index contributed by atoms with van der Waals surface area (Å²) < 4.78 is 5.65. The molecule has 18 heavy (non-hydrogen) atoms. The van der Waals surface area contributed by atoms with Gasteiger partial charge in [-0.25, -0.2) is 0 Å². The van der Waals surface area contributed by atoms with Gasteiger partial charge in [0.2, 0.25) is 5.89 Å². The molecule has 0 aliphatic heterocycles. The van der Waals surface area contributed by atoms with Crippen LogP contribution in [0.25, 0.3) is 10.8 Å². The highest BCUT2D eigenvalue weighted by Gasteiger charge is 2.09. The Kier molecular flexibility index (Phi) is 2.94. The first-order valence-electron chi connectivity index (χ1n) is 5.73. The van der Waals surface area contributed by atoms with Gasteiger partial charge in [0.25, 0.3) is 5.89 Å². The maximum atomic E-state index is 5.65. The van der Waals surface area contributed by atoms with Crippen LogP contribution in [0.2, 0.25) is 0 Å². The van der Waals surface area contributed by atoms with Crippen molar-refractivity contribution in [3.63, 3.8) is 0 Å². The number of benzene rings is 1. The fourth-order valence-electron chi connectivity index (χ4n) is 1.71. The molecule has 0 bridgehead atoms. The van der Waals surface area contributed by atoms with Crippen LogP contribution in [0.1, 0.15) is 17.0 Å². The van der Waals surface area contributed by atoms with Gasteiger partial charge in [0.15, 0.2) is 0 Å². The lowest BCUT2D eigenvalue weighted by Gasteiger charge is -1.97. The van der Waals surface area contributed by atoms with Crippen molar-refractivity contribution in [1.82, 2.24) is 10.2 Å². The van der Waals surface area contributed by atoms with Gasteiger partial charge in [0, 0.05) is 0 Å². The number of hydrogen-bond donors (Lipinski definition) is 0. The first-order valence-corrected chi connectivity index (χ1v) is 6.61. The predicted molar refractivity (Wildman–Crippen MR) is 71.6 cm³/mol. The normalized spacial score (nSPS) is 10.7. The SMILES string of the molecule is Cc1ccc(Cc2nnc(-c3cccs3)o2)cc1. The molecule has 0 atom stereocenters. The second-order valence-corrected chi connectivity index (χ2v) is 5.09. The summed E-state index contributed by atoms with van der Waals surface area (Å²) in [5.74, 6) is 1.26. The number of rotatable bonds is 3. The van der Waals surface area contributed by atoms with E-state index in [1.54, 1.807) is 11.3 Å². The molecule has 0 fully saturated rings. The van der Waals surface area contributed by atoms with Crippen molar-refractivity contribution in [2.75, 3.05) is 0 Å². The molecular weight excluding hydrogens is 244 g/mol. The quantitative estimate of drug-likeness (QED) is 0.717. The van der Waals surface area contributed by atoms with Crippen LogP contribution in [-0.2, 0) is 6.42 Å². The summed E-state index contributed by atoms with van der Waals surface area (Å²) >= 11 is 1.60. The molecule has 0 spiro atoms. The topological polar surface area (TPSA) is 38.9 Å². The summed E-state index contributed by atoms with van der Waals surface area (Å²) in [4.78, 5) is 1.01. The minimum Gasteiger partial charge on any atom is -0.420 e. The average molecular weight is 256 g/mol. The molecule has 0 N–H and O–H groups in total. The molecular formula is C14H12N2OS. The van der Waals surface area contributed by atoms with E-state index in [0.29, 0.717) is 18.2 Å². The predicted octanol–water partition coefficient (Wildman–Crippen LogP) is 3.70. The standard InChI is InChI=1S/C14H12N2OS/c1-10-4-6-11(7-5-10)9-13-15-16-14(17-13)12-3-2-8-18-12/h2-8H,9H2,1H3. The number of aromatic nitrogens is 2. The Hall–Kier alpha value is -1.94. The monoisotopic (exact) mass is 256 g/mol. The maximum Gasteiger partial charge on any atom is 0.257 e.